The minimum absolute atomic E-state index is 0.683. The van der Waals surface area contributed by atoms with Gasteiger partial charge in [-0.3, -0.25) is 4.90 Å². The van der Waals surface area contributed by atoms with E-state index < -0.39 is 0 Å². The second kappa shape index (κ2) is 5.10. The van der Waals surface area contributed by atoms with Gasteiger partial charge in [-0.05, 0) is 54.9 Å². The van der Waals surface area contributed by atoms with Crippen molar-refractivity contribution in [2.75, 3.05) is 13.1 Å². The third-order valence-corrected chi connectivity index (χ3v) is 7.04. The molecule has 3 nitrogen and oxygen atoms in total. The lowest BCUT2D eigenvalue weighted by atomic mass is 9.65. The summed E-state index contributed by atoms with van der Waals surface area (Å²) in [5.41, 5.74) is 5.20. The van der Waals surface area contributed by atoms with Crippen LogP contribution in [0.4, 0.5) is 0 Å². The molecule has 0 N–H and O–H groups in total. The van der Waals surface area contributed by atoms with E-state index in [4.69, 9.17) is 0 Å². The molecule has 1 saturated carbocycles. The highest BCUT2D eigenvalue weighted by atomic mass is 15.2. The van der Waals surface area contributed by atoms with Gasteiger partial charge in [0.1, 0.15) is 0 Å². The molecule has 4 heterocycles. The third-order valence-electron chi connectivity index (χ3n) is 7.04. The second-order valence-electron chi connectivity index (χ2n) is 8.11. The van der Waals surface area contributed by atoms with Crippen LogP contribution in [0.5, 0.6) is 0 Å². The Labute approximate surface area is 143 Å². The SMILES string of the molecule is CC[C@H]1C[C@@H]2C[C@H]3c4c(c5cc(C#N)ccc5n4C)CCN(C2)[C@@H]13. The molecule has 24 heavy (non-hydrogen) atoms. The Hall–Kier alpha value is -1.79. The van der Waals surface area contributed by atoms with Gasteiger partial charge in [-0.2, -0.15) is 5.26 Å². The smallest absolute Gasteiger partial charge is 0.0991 e. The van der Waals surface area contributed by atoms with Crippen molar-refractivity contribution in [2.45, 2.75) is 44.6 Å². The van der Waals surface area contributed by atoms with E-state index in [1.54, 1.807) is 5.69 Å². The summed E-state index contributed by atoms with van der Waals surface area (Å²) < 4.78 is 2.45. The van der Waals surface area contributed by atoms with E-state index in [1.165, 1.54) is 48.8 Å². The molecule has 1 unspecified atom stereocenters. The topological polar surface area (TPSA) is 32.0 Å². The maximum atomic E-state index is 9.30. The lowest BCUT2D eigenvalue weighted by molar-refractivity contribution is -0.0140. The Bertz CT molecular complexity index is 856. The third kappa shape index (κ3) is 1.81. The molecule has 124 valence electrons. The van der Waals surface area contributed by atoms with Crippen molar-refractivity contribution in [3.63, 3.8) is 0 Å². The average molecular weight is 319 g/mol. The summed E-state index contributed by atoms with van der Waals surface area (Å²) in [4.78, 5) is 2.80. The summed E-state index contributed by atoms with van der Waals surface area (Å²) in [5, 5.41) is 10.6. The summed E-state index contributed by atoms with van der Waals surface area (Å²) in [7, 11) is 2.24. The zero-order valence-electron chi connectivity index (χ0n) is 14.6. The molecular weight excluding hydrogens is 294 g/mol. The quantitative estimate of drug-likeness (QED) is 0.800. The van der Waals surface area contributed by atoms with Crippen LogP contribution in [0.3, 0.4) is 0 Å². The maximum Gasteiger partial charge on any atom is 0.0991 e. The number of hydrogen-bond donors (Lipinski definition) is 0. The van der Waals surface area contributed by atoms with Crippen LogP contribution >= 0.6 is 0 Å². The molecular formula is C21H25N3. The van der Waals surface area contributed by atoms with Crippen LogP contribution in [0.15, 0.2) is 18.2 Å². The van der Waals surface area contributed by atoms with Crippen molar-refractivity contribution in [2.24, 2.45) is 18.9 Å². The van der Waals surface area contributed by atoms with Gasteiger partial charge in [-0.1, -0.05) is 13.3 Å². The van der Waals surface area contributed by atoms with Crippen molar-refractivity contribution in [3.05, 3.63) is 35.0 Å². The summed E-state index contributed by atoms with van der Waals surface area (Å²) in [5.74, 6) is 2.42. The molecule has 1 aromatic carbocycles. The van der Waals surface area contributed by atoms with Gasteiger partial charge < -0.3 is 4.57 Å². The Morgan fingerprint density at radius 1 is 1.29 bits per heavy atom. The van der Waals surface area contributed by atoms with Gasteiger partial charge in [-0.15, -0.1) is 0 Å². The molecule has 4 aliphatic rings. The maximum absolute atomic E-state index is 9.30. The minimum Gasteiger partial charge on any atom is -0.347 e. The number of aromatic nitrogens is 1. The fourth-order valence-corrected chi connectivity index (χ4v) is 6.17. The Kier molecular flexibility index (Phi) is 3.09. The normalized spacial score (nSPS) is 34.0. The summed E-state index contributed by atoms with van der Waals surface area (Å²) in [6.45, 7) is 4.88. The number of nitriles is 1. The van der Waals surface area contributed by atoms with Gasteiger partial charge in [0.15, 0.2) is 0 Å². The molecule has 3 heteroatoms. The Morgan fingerprint density at radius 3 is 2.96 bits per heavy atom. The van der Waals surface area contributed by atoms with Gasteiger partial charge in [0.05, 0.1) is 11.6 Å². The number of piperidine rings is 2. The molecule has 0 radical (unpaired) electrons. The standard InChI is InChI=1S/C21H25N3/c1-3-15-8-14-10-18-20(15)24(12-14)7-6-16-17-9-13(11-22)4-5-19(17)23(2)21(16)18/h4-5,9,14-15,18,20H,3,6-8,10,12H2,1-2H3/t14-,15+,18-,20+/m1/s1. The number of benzene rings is 1. The predicted molar refractivity (Wildman–Crippen MR) is 95.9 cm³/mol. The number of aryl methyl sites for hydroxylation is 1. The van der Waals surface area contributed by atoms with Crippen LogP contribution in [-0.2, 0) is 13.5 Å². The second-order valence-corrected chi connectivity index (χ2v) is 8.11. The highest BCUT2D eigenvalue weighted by molar-refractivity contribution is 5.87. The molecule has 2 aromatic rings. The van der Waals surface area contributed by atoms with E-state index in [0.717, 1.165) is 29.9 Å². The van der Waals surface area contributed by atoms with E-state index in [9.17, 15) is 5.26 Å². The number of rotatable bonds is 1. The summed E-state index contributed by atoms with van der Waals surface area (Å²) >= 11 is 0. The van der Waals surface area contributed by atoms with E-state index >= 15 is 0 Å². The average Bonchev–Trinajstić information content (AvgIpc) is 2.83. The fraction of sp³-hybridized carbons (Fsp3) is 0.571. The monoisotopic (exact) mass is 319 g/mol. The van der Waals surface area contributed by atoms with Crippen LogP contribution in [0.1, 0.15) is 48.9 Å². The lowest BCUT2D eigenvalue weighted by Crippen LogP contribution is -2.56. The van der Waals surface area contributed by atoms with Crippen LogP contribution in [0, 0.1) is 23.2 Å². The van der Waals surface area contributed by atoms with Gasteiger partial charge in [0.2, 0.25) is 0 Å². The van der Waals surface area contributed by atoms with Crippen molar-refractivity contribution < 1.29 is 0 Å². The highest BCUT2D eigenvalue weighted by Gasteiger charge is 2.49. The van der Waals surface area contributed by atoms with Gasteiger partial charge in [0.25, 0.3) is 0 Å². The van der Waals surface area contributed by atoms with Crippen molar-refractivity contribution in [3.8, 4) is 6.07 Å². The Morgan fingerprint density at radius 2 is 2.17 bits per heavy atom. The van der Waals surface area contributed by atoms with Crippen molar-refractivity contribution in [1.29, 1.82) is 5.26 Å². The first-order valence-electron chi connectivity index (χ1n) is 9.46. The number of fused-ring (bicyclic) bond motifs is 4. The Balaban J connectivity index is 1.73. The molecule has 3 aliphatic heterocycles. The van der Waals surface area contributed by atoms with E-state index in [0.29, 0.717) is 5.92 Å². The van der Waals surface area contributed by atoms with Crippen LogP contribution in [0.2, 0.25) is 0 Å². The number of nitrogens with zero attached hydrogens (tertiary/aromatic N) is 3. The van der Waals surface area contributed by atoms with Crippen molar-refractivity contribution in [1.82, 2.24) is 9.47 Å². The first-order chi connectivity index (χ1) is 11.7. The van der Waals surface area contributed by atoms with Crippen LogP contribution in [-0.4, -0.2) is 28.6 Å². The molecule has 5 atom stereocenters. The first-order valence-corrected chi connectivity index (χ1v) is 9.46. The lowest BCUT2D eigenvalue weighted by Gasteiger charge is -2.53. The first kappa shape index (κ1) is 14.5. The molecule has 2 saturated heterocycles. The number of hydrogen-bond acceptors (Lipinski definition) is 2. The van der Waals surface area contributed by atoms with Crippen LogP contribution in [0.25, 0.3) is 10.9 Å². The van der Waals surface area contributed by atoms with Gasteiger partial charge in [-0.25, -0.2) is 0 Å². The van der Waals surface area contributed by atoms with E-state index in [1.807, 2.05) is 6.07 Å². The molecule has 1 aromatic heterocycles. The fourth-order valence-electron chi connectivity index (χ4n) is 6.17. The molecule has 4 bridgehead atoms. The van der Waals surface area contributed by atoms with Crippen LogP contribution < -0.4 is 0 Å². The summed E-state index contributed by atoms with van der Waals surface area (Å²) in [6, 6.07) is 9.30. The predicted octanol–water partition coefficient (Wildman–Crippen LogP) is 3.81. The molecule has 1 aliphatic carbocycles. The minimum atomic E-state index is 0.683. The summed E-state index contributed by atoms with van der Waals surface area (Å²) in [6.07, 6.45) is 5.25. The van der Waals surface area contributed by atoms with Crippen molar-refractivity contribution >= 4 is 10.9 Å². The molecule has 3 fully saturated rings. The van der Waals surface area contributed by atoms with E-state index in [2.05, 4.69) is 41.6 Å². The van der Waals surface area contributed by atoms with Gasteiger partial charge >= 0.3 is 0 Å². The molecule has 6 rings (SSSR count). The largest absolute Gasteiger partial charge is 0.347 e. The van der Waals surface area contributed by atoms with E-state index in [-0.39, 0.29) is 0 Å². The highest BCUT2D eigenvalue weighted by Crippen LogP contribution is 2.51. The molecule has 0 spiro atoms. The van der Waals surface area contributed by atoms with Gasteiger partial charge in [0, 0.05) is 48.7 Å². The molecule has 0 amide bonds. The zero-order valence-corrected chi connectivity index (χ0v) is 14.6. The zero-order chi connectivity index (χ0) is 16.4.